The molecular formula is C21H24O4. The smallest absolute Gasteiger partial charge is 0.180 e. The van der Waals surface area contributed by atoms with Gasteiger partial charge in [-0.25, -0.2) is 0 Å². The van der Waals surface area contributed by atoms with Gasteiger partial charge in [-0.3, -0.25) is 9.59 Å². The summed E-state index contributed by atoms with van der Waals surface area (Å²) in [5, 5.41) is 0. The van der Waals surface area contributed by atoms with Crippen LogP contribution in [0, 0.1) is 18.8 Å². The Balaban J connectivity index is 2.14. The third-order valence-electron chi connectivity index (χ3n) is 5.75. The quantitative estimate of drug-likeness (QED) is 0.609. The van der Waals surface area contributed by atoms with Crippen LogP contribution >= 0.6 is 0 Å². The van der Waals surface area contributed by atoms with Crippen LogP contribution in [-0.4, -0.2) is 31.4 Å². The number of carbonyl (C=O) groups excluding carboxylic acids is 2. The number of methoxy groups -OCH3 is 2. The van der Waals surface area contributed by atoms with Gasteiger partial charge in [0.2, 0.25) is 0 Å². The summed E-state index contributed by atoms with van der Waals surface area (Å²) in [6.45, 7) is 7.67. The molecule has 132 valence electrons. The zero-order valence-corrected chi connectivity index (χ0v) is 15.2. The molecular weight excluding hydrogens is 316 g/mol. The van der Waals surface area contributed by atoms with E-state index < -0.39 is 11.5 Å². The molecule has 3 rings (SSSR count). The van der Waals surface area contributed by atoms with Gasteiger partial charge in [0.15, 0.2) is 11.6 Å². The van der Waals surface area contributed by atoms with Crippen molar-refractivity contribution in [3.05, 3.63) is 53.6 Å². The van der Waals surface area contributed by atoms with Gasteiger partial charge in [-0.15, -0.1) is 6.58 Å². The Hall–Kier alpha value is -2.20. The molecule has 2 aliphatic rings. The average Bonchev–Trinajstić information content (AvgIpc) is 2.76. The molecule has 0 aromatic heterocycles. The minimum absolute atomic E-state index is 0.105. The van der Waals surface area contributed by atoms with Crippen molar-refractivity contribution < 1.29 is 19.1 Å². The van der Waals surface area contributed by atoms with E-state index >= 15 is 0 Å². The molecule has 0 unspecified atom stereocenters. The molecule has 2 bridgehead atoms. The van der Waals surface area contributed by atoms with Crippen molar-refractivity contribution in [1.82, 2.24) is 0 Å². The largest absolute Gasteiger partial charge is 0.496 e. The lowest BCUT2D eigenvalue weighted by atomic mass is 9.79. The summed E-state index contributed by atoms with van der Waals surface area (Å²) in [5.74, 6) is -0.558. The number of ketones is 2. The van der Waals surface area contributed by atoms with Crippen LogP contribution in [0.2, 0.25) is 0 Å². The highest BCUT2D eigenvalue weighted by Crippen LogP contribution is 2.54. The molecule has 4 heteroatoms. The van der Waals surface area contributed by atoms with E-state index in [1.54, 1.807) is 26.4 Å². The van der Waals surface area contributed by atoms with Gasteiger partial charge < -0.3 is 9.47 Å². The first-order valence-corrected chi connectivity index (χ1v) is 8.52. The number of aryl methyl sites for hydroxylation is 1. The van der Waals surface area contributed by atoms with E-state index in [0.717, 1.165) is 16.9 Å². The lowest BCUT2D eigenvalue weighted by Gasteiger charge is -2.30. The molecule has 1 aromatic rings. The van der Waals surface area contributed by atoms with E-state index in [9.17, 15) is 9.59 Å². The number of hydrogen-bond donors (Lipinski definition) is 0. The minimum atomic E-state index is -1.04. The standard InChI is InChI=1S/C21H24O4/c1-6-7-15-11-21(25-5)13(3)17(18(19(15)22)20(21)23)14-9-8-12(2)16(10-14)24-4/h6,8-11,13,17-18H,1,7H2,2-5H3/t13-,17+,18+,21+/m1/s1. The van der Waals surface area contributed by atoms with Crippen LogP contribution in [0.15, 0.2) is 42.5 Å². The monoisotopic (exact) mass is 340 g/mol. The first-order chi connectivity index (χ1) is 11.9. The number of allylic oxidation sites excluding steroid dienone is 2. The maximum absolute atomic E-state index is 13.1. The highest BCUT2D eigenvalue weighted by atomic mass is 16.5. The molecule has 0 spiro atoms. The maximum atomic E-state index is 13.1. The lowest BCUT2D eigenvalue weighted by Crippen LogP contribution is -2.45. The van der Waals surface area contributed by atoms with Gasteiger partial charge in [-0.1, -0.05) is 25.1 Å². The minimum Gasteiger partial charge on any atom is -0.496 e. The van der Waals surface area contributed by atoms with E-state index in [0.29, 0.717) is 12.0 Å². The van der Waals surface area contributed by atoms with E-state index in [1.165, 1.54) is 0 Å². The maximum Gasteiger partial charge on any atom is 0.180 e. The molecule has 0 aliphatic heterocycles. The summed E-state index contributed by atoms with van der Waals surface area (Å²) in [7, 11) is 3.17. The van der Waals surface area contributed by atoms with Crippen molar-refractivity contribution >= 4 is 11.6 Å². The summed E-state index contributed by atoms with van der Waals surface area (Å²) in [6, 6.07) is 5.89. The van der Waals surface area contributed by atoms with Crippen LogP contribution in [0.5, 0.6) is 5.75 Å². The van der Waals surface area contributed by atoms with Crippen LogP contribution in [0.25, 0.3) is 0 Å². The van der Waals surface area contributed by atoms with Gasteiger partial charge in [-0.2, -0.15) is 0 Å². The molecule has 0 radical (unpaired) electrons. The van der Waals surface area contributed by atoms with Crippen molar-refractivity contribution in [2.75, 3.05) is 14.2 Å². The second-order valence-electron chi connectivity index (χ2n) is 6.91. The molecule has 1 saturated carbocycles. The molecule has 1 fully saturated rings. The number of rotatable bonds is 5. The second-order valence-corrected chi connectivity index (χ2v) is 6.91. The van der Waals surface area contributed by atoms with Crippen LogP contribution in [0.4, 0.5) is 0 Å². The number of Topliss-reactive ketones (excluding diaryl/α,β-unsaturated/α-hetero) is 2. The third kappa shape index (κ3) is 2.39. The predicted molar refractivity (Wildman–Crippen MR) is 95.8 cm³/mol. The number of carbonyl (C=O) groups is 2. The van der Waals surface area contributed by atoms with Gasteiger partial charge in [0.25, 0.3) is 0 Å². The van der Waals surface area contributed by atoms with E-state index in [4.69, 9.17) is 9.47 Å². The molecule has 4 atom stereocenters. The number of ether oxygens (including phenoxy) is 2. The summed E-state index contributed by atoms with van der Waals surface area (Å²) in [5.41, 5.74) is 1.54. The van der Waals surface area contributed by atoms with Gasteiger partial charge in [0.1, 0.15) is 11.4 Å². The normalized spacial score (nSPS) is 31.0. The highest BCUT2D eigenvalue weighted by molar-refractivity contribution is 6.19. The fourth-order valence-corrected chi connectivity index (χ4v) is 4.39. The number of fused-ring (bicyclic) bond motifs is 2. The highest BCUT2D eigenvalue weighted by Gasteiger charge is 2.63. The molecule has 25 heavy (non-hydrogen) atoms. The van der Waals surface area contributed by atoms with Crippen molar-refractivity contribution in [3.8, 4) is 5.75 Å². The topological polar surface area (TPSA) is 52.6 Å². The van der Waals surface area contributed by atoms with Crippen LogP contribution in [-0.2, 0) is 14.3 Å². The Morgan fingerprint density at radius 2 is 2.00 bits per heavy atom. The number of hydrogen-bond acceptors (Lipinski definition) is 4. The molecule has 1 aromatic carbocycles. The van der Waals surface area contributed by atoms with Gasteiger partial charge in [0, 0.05) is 18.9 Å². The van der Waals surface area contributed by atoms with Crippen molar-refractivity contribution in [2.24, 2.45) is 11.8 Å². The average molecular weight is 340 g/mol. The molecule has 0 amide bonds. The fraction of sp³-hybridized carbons (Fsp3) is 0.429. The first kappa shape index (κ1) is 17.6. The van der Waals surface area contributed by atoms with Crippen molar-refractivity contribution in [3.63, 3.8) is 0 Å². The van der Waals surface area contributed by atoms with Gasteiger partial charge in [0.05, 0.1) is 13.0 Å². The summed E-state index contributed by atoms with van der Waals surface area (Å²) in [4.78, 5) is 26.0. The first-order valence-electron chi connectivity index (χ1n) is 8.52. The van der Waals surface area contributed by atoms with Gasteiger partial charge in [-0.05, 0) is 42.2 Å². The third-order valence-corrected chi connectivity index (χ3v) is 5.75. The van der Waals surface area contributed by atoms with Crippen LogP contribution in [0.3, 0.4) is 0 Å². The molecule has 0 saturated heterocycles. The number of benzene rings is 1. The summed E-state index contributed by atoms with van der Waals surface area (Å²) >= 11 is 0. The Bertz CT molecular complexity index is 776. The predicted octanol–water partition coefficient (Wildman–Crippen LogP) is 3.39. The SMILES string of the molecule is C=CCC1=C[C@@]2(OC)C(=O)[C@H](C1=O)[C@H](c1ccc(C)c(OC)c1)[C@H]2C. The Morgan fingerprint density at radius 3 is 2.60 bits per heavy atom. The van der Waals surface area contributed by atoms with Crippen molar-refractivity contribution in [1.29, 1.82) is 0 Å². The molecule has 0 heterocycles. The van der Waals surface area contributed by atoms with Crippen molar-refractivity contribution in [2.45, 2.75) is 31.8 Å². The fourth-order valence-electron chi connectivity index (χ4n) is 4.39. The molecule has 0 N–H and O–H groups in total. The summed E-state index contributed by atoms with van der Waals surface area (Å²) < 4.78 is 11.1. The van der Waals surface area contributed by atoms with Crippen LogP contribution < -0.4 is 4.74 Å². The zero-order chi connectivity index (χ0) is 18.4. The zero-order valence-electron chi connectivity index (χ0n) is 15.2. The van der Waals surface area contributed by atoms with Gasteiger partial charge >= 0.3 is 0 Å². The Morgan fingerprint density at radius 1 is 1.28 bits per heavy atom. The second kappa shape index (κ2) is 6.26. The van der Waals surface area contributed by atoms with Crippen LogP contribution in [0.1, 0.15) is 30.4 Å². The Kier molecular flexibility index (Phi) is 4.41. The lowest BCUT2D eigenvalue weighted by molar-refractivity contribution is -0.141. The molecule has 2 aliphatic carbocycles. The van der Waals surface area contributed by atoms with E-state index in [-0.39, 0.29) is 23.4 Å². The Labute approximate surface area is 148 Å². The van der Waals surface area contributed by atoms with E-state index in [2.05, 4.69) is 6.58 Å². The van der Waals surface area contributed by atoms with E-state index in [1.807, 2.05) is 32.0 Å². The molecule has 4 nitrogen and oxygen atoms in total. The summed E-state index contributed by atoms with van der Waals surface area (Å²) in [6.07, 6.45) is 3.87.